The lowest BCUT2D eigenvalue weighted by Crippen LogP contribution is -2.36. The normalized spacial score (nSPS) is 15.6. The van der Waals surface area contributed by atoms with Gasteiger partial charge in [0.15, 0.2) is 0 Å². The van der Waals surface area contributed by atoms with Gasteiger partial charge in [-0.15, -0.1) is 0 Å². The van der Waals surface area contributed by atoms with Crippen LogP contribution in [-0.2, 0) is 9.59 Å². The van der Waals surface area contributed by atoms with Gasteiger partial charge in [0.25, 0.3) is 11.1 Å². The van der Waals surface area contributed by atoms with Crippen molar-refractivity contribution in [3.8, 4) is 0 Å². The summed E-state index contributed by atoms with van der Waals surface area (Å²) in [5.74, 6) is -0.866. The molecule has 0 unspecified atom stereocenters. The van der Waals surface area contributed by atoms with E-state index >= 15 is 0 Å². The van der Waals surface area contributed by atoms with Gasteiger partial charge in [0.2, 0.25) is 5.91 Å². The second-order valence-corrected chi connectivity index (χ2v) is 7.40. The Labute approximate surface area is 168 Å². The molecule has 28 heavy (non-hydrogen) atoms. The predicted molar refractivity (Wildman–Crippen MR) is 113 cm³/mol. The molecule has 0 spiro atoms. The fourth-order valence-electron chi connectivity index (χ4n) is 2.62. The van der Waals surface area contributed by atoms with Crippen LogP contribution in [0.25, 0.3) is 6.08 Å². The minimum absolute atomic E-state index is 0.302. The van der Waals surface area contributed by atoms with Crippen molar-refractivity contribution in [2.75, 3.05) is 11.9 Å². The molecule has 3 rings (SSSR count). The van der Waals surface area contributed by atoms with Crippen molar-refractivity contribution < 1.29 is 14.4 Å². The van der Waals surface area contributed by atoms with Crippen LogP contribution in [0.3, 0.4) is 0 Å². The first-order valence-electron chi connectivity index (χ1n) is 8.78. The van der Waals surface area contributed by atoms with Gasteiger partial charge in [-0.1, -0.05) is 48.6 Å². The zero-order chi connectivity index (χ0) is 20.1. The number of allylic oxidation sites excluding steroid dienone is 2. The highest BCUT2D eigenvalue weighted by Crippen LogP contribution is 2.30. The summed E-state index contributed by atoms with van der Waals surface area (Å²) in [6, 6.07) is 15.2. The van der Waals surface area contributed by atoms with Crippen LogP contribution in [0.1, 0.15) is 16.7 Å². The Hall–Kier alpha value is -3.12. The molecule has 1 fully saturated rings. The fourth-order valence-corrected chi connectivity index (χ4v) is 3.41. The minimum Gasteiger partial charge on any atom is -0.325 e. The van der Waals surface area contributed by atoms with E-state index in [1.165, 1.54) is 0 Å². The summed E-state index contributed by atoms with van der Waals surface area (Å²) in [4.78, 5) is 38.1. The van der Waals surface area contributed by atoms with E-state index in [1.807, 2.05) is 62.4 Å². The summed E-state index contributed by atoms with van der Waals surface area (Å²) in [5, 5.41) is 2.28. The molecule has 2 aromatic carbocycles. The number of anilines is 1. The van der Waals surface area contributed by atoms with Gasteiger partial charge in [0.1, 0.15) is 6.54 Å². The topological polar surface area (TPSA) is 66.5 Å². The SMILES string of the molecule is Cc1ccc(NC(=O)CN2C(=O)S/C(=C/C=C\c3ccccc3)C2=O)cc1C. The molecule has 1 N–H and O–H groups in total. The number of amides is 3. The number of carbonyl (C=O) groups excluding carboxylic acids is 3. The van der Waals surface area contributed by atoms with Crippen molar-refractivity contribution in [3.05, 3.63) is 82.3 Å². The number of rotatable bonds is 5. The quantitative estimate of drug-likeness (QED) is 0.759. The summed E-state index contributed by atoms with van der Waals surface area (Å²) in [7, 11) is 0. The Morgan fingerprint density at radius 2 is 1.82 bits per heavy atom. The lowest BCUT2D eigenvalue weighted by molar-refractivity contribution is -0.127. The molecule has 1 heterocycles. The first-order chi connectivity index (χ1) is 13.4. The Bertz CT molecular complexity index is 981. The number of aryl methyl sites for hydroxylation is 2. The molecule has 2 aromatic rings. The Kier molecular flexibility index (Phi) is 6.11. The number of hydrogen-bond donors (Lipinski definition) is 1. The van der Waals surface area contributed by atoms with Gasteiger partial charge >= 0.3 is 0 Å². The van der Waals surface area contributed by atoms with Crippen LogP contribution in [0.15, 0.2) is 65.6 Å². The molecule has 0 bridgehead atoms. The average molecular weight is 392 g/mol. The predicted octanol–water partition coefficient (Wildman–Crippen LogP) is 4.53. The van der Waals surface area contributed by atoms with Gasteiger partial charge in [0.05, 0.1) is 4.91 Å². The van der Waals surface area contributed by atoms with E-state index in [1.54, 1.807) is 18.2 Å². The number of nitrogens with zero attached hydrogens (tertiary/aromatic N) is 1. The van der Waals surface area contributed by atoms with E-state index < -0.39 is 17.1 Å². The highest BCUT2D eigenvalue weighted by molar-refractivity contribution is 8.18. The number of hydrogen-bond acceptors (Lipinski definition) is 4. The number of carbonyl (C=O) groups is 3. The monoisotopic (exact) mass is 392 g/mol. The molecule has 3 amide bonds. The third-order valence-electron chi connectivity index (χ3n) is 4.30. The highest BCUT2D eigenvalue weighted by Gasteiger charge is 2.35. The zero-order valence-corrected chi connectivity index (χ0v) is 16.5. The Balaban J connectivity index is 1.63. The maximum atomic E-state index is 12.4. The van der Waals surface area contributed by atoms with E-state index in [0.29, 0.717) is 10.6 Å². The van der Waals surface area contributed by atoms with Crippen LogP contribution >= 0.6 is 11.8 Å². The Morgan fingerprint density at radius 3 is 2.54 bits per heavy atom. The van der Waals surface area contributed by atoms with E-state index in [-0.39, 0.29) is 6.54 Å². The van der Waals surface area contributed by atoms with Crippen molar-refractivity contribution in [2.24, 2.45) is 0 Å². The van der Waals surface area contributed by atoms with Crippen LogP contribution in [0, 0.1) is 13.8 Å². The first-order valence-corrected chi connectivity index (χ1v) is 9.60. The number of nitrogens with one attached hydrogen (secondary N) is 1. The van der Waals surface area contributed by atoms with E-state index in [4.69, 9.17) is 0 Å². The highest BCUT2D eigenvalue weighted by atomic mass is 32.2. The summed E-state index contributed by atoms with van der Waals surface area (Å²) in [6.07, 6.45) is 5.17. The van der Waals surface area contributed by atoms with Crippen molar-refractivity contribution >= 4 is 40.6 Å². The maximum absolute atomic E-state index is 12.4. The average Bonchev–Trinajstić information content (AvgIpc) is 2.93. The zero-order valence-electron chi connectivity index (χ0n) is 15.6. The van der Waals surface area contributed by atoms with Crippen LogP contribution in [0.4, 0.5) is 10.5 Å². The smallest absolute Gasteiger partial charge is 0.294 e. The van der Waals surface area contributed by atoms with E-state index in [0.717, 1.165) is 33.4 Å². The van der Waals surface area contributed by atoms with E-state index in [2.05, 4.69) is 5.32 Å². The molecular weight excluding hydrogens is 372 g/mol. The third kappa shape index (κ3) is 4.78. The lowest BCUT2D eigenvalue weighted by Gasteiger charge is -2.13. The van der Waals surface area contributed by atoms with Crippen molar-refractivity contribution in [3.63, 3.8) is 0 Å². The molecule has 0 aromatic heterocycles. The van der Waals surface area contributed by atoms with Crippen molar-refractivity contribution in [1.29, 1.82) is 0 Å². The van der Waals surface area contributed by atoms with Gasteiger partial charge in [-0.3, -0.25) is 19.3 Å². The van der Waals surface area contributed by atoms with Gasteiger partial charge in [-0.25, -0.2) is 0 Å². The van der Waals surface area contributed by atoms with E-state index in [9.17, 15) is 14.4 Å². The molecule has 5 nitrogen and oxygen atoms in total. The van der Waals surface area contributed by atoms with Crippen LogP contribution in [0.2, 0.25) is 0 Å². The van der Waals surface area contributed by atoms with Crippen molar-refractivity contribution in [1.82, 2.24) is 4.90 Å². The summed E-state index contributed by atoms with van der Waals surface area (Å²) in [5.41, 5.74) is 3.81. The summed E-state index contributed by atoms with van der Waals surface area (Å²) in [6.45, 7) is 3.63. The second kappa shape index (κ2) is 8.71. The molecule has 1 aliphatic heterocycles. The van der Waals surface area contributed by atoms with Crippen molar-refractivity contribution in [2.45, 2.75) is 13.8 Å². The maximum Gasteiger partial charge on any atom is 0.294 e. The molecule has 1 saturated heterocycles. The second-order valence-electron chi connectivity index (χ2n) is 6.41. The molecule has 0 radical (unpaired) electrons. The van der Waals surface area contributed by atoms with Gasteiger partial charge in [-0.05, 0) is 60.5 Å². The third-order valence-corrected chi connectivity index (χ3v) is 5.23. The number of thioether (sulfide) groups is 1. The van der Waals surface area contributed by atoms with Crippen LogP contribution in [0.5, 0.6) is 0 Å². The molecule has 0 aliphatic carbocycles. The molecule has 0 saturated carbocycles. The lowest BCUT2D eigenvalue weighted by atomic mass is 10.1. The summed E-state index contributed by atoms with van der Waals surface area (Å²) < 4.78 is 0. The first kappa shape index (κ1) is 19.6. The molecule has 1 aliphatic rings. The number of imide groups is 1. The van der Waals surface area contributed by atoms with Crippen LogP contribution in [-0.4, -0.2) is 28.5 Å². The largest absolute Gasteiger partial charge is 0.325 e. The minimum atomic E-state index is -0.456. The molecule has 6 heteroatoms. The molecule has 0 atom stereocenters. The molecular formula is C22H20N2O3S. The Morgan fingerprint density at radius 1 is 1.07 bits per heavy atom. The van der Waals surface area contributed by atoms with Crippen LogP contribution < -0.4 is 5.32 Å². The standard InChI is InChI=1S/C22H20N2O3S/c1-15-11-12-18(13-16(15)2)23-20(25)14-24-21(26)19(28-22(24)27)10-6-9-17-7-4-3-5-8-17/h3-13H,14H2,1-2H3,(H,23,25)/b9-6-,19-10+. The van der Waals surface area contributed by atoms with Gasteiger partial charge in [-0.2, -0.15) is 0 Å². The van der Waals surface area contributed by atoms with Gasteiger partial charge < -0.3 is 5.32 Å². The number of benzene rings is 2. The fraction of sp³-hybridized carbons (Fsp3) is 0.136. The van der Waals surface area contributed by atoms with Gasteiger partial charge in [0, 0.05) is 5.69 Å². The summed E-state index contributed by atoms with van der Waals surface area (Å²) >= 11 is 0.837. The molecule has 142 valence electrons.